The van der Waals surface area contributed by atoms with E-state index in [1.54, 1.807) is 6.07 Å². The number of pyridine rings is 1. The highest BCUT2D eigenvalue weighted by atomic mass is 79.9. The molecule has 0 unspecified atom stereocenters. The fourth-order valence-corrected chi connectivity index (χ4v) is 2.46. The molecule has 88 valence electrons. The van der Waals surface area contributed by atoms with Crippen LogP contribution in [0.15, 0.2) is 45.3 Å². The van der Waals surface area contributed by atoms with Gasteiger partial charge in [-0.25, -0.2) is 10.8 Å². The minimum Gasteiger partial charge on any atom is -0.339 e. The van der Waals surface area contributed by atoms with Crippen LogP contribution >= 0.6 is 31.9 Å². The first-order valence-corrected chi connectivity index (χ1v) is 6.43. The van der Waals surface area contributed by atoms with E-state index in [2.05, 4.69) is 47.6 Å². The molecule has 4 nitrogen and oxygen atoms in total. The van der Waals surface area contributed by atoms with Crippen LogP contribution in [0.3, 0.4) is 0 Å². The first kappa shape index (κ1) is 12.3. The molecule has 0 saturated carbocycles. The highest BCUT2D eigenvalue weighted by Gasteiger charge is 2.02. The molecule has 4 N–H and O–H groups in total. The second-order valence-corrected chi connectivity index (χ2v) is 5.07. The zero-order chi connectivity index (χ0) is 12.3. The van der Waals surface area contributed by atoms with Crippen molar-refractivity contribution in [3.63, 3.8) is 0 Å². The molecular weight excluding hydrogens is 348 g/mol. The fourth-order valence-electron chi connectivity index (χ4n) is 1.31. The Morgan fingerprint density at radius 1 is 1.06 bits per heavy atom. The summed E-state index contributed by atoms with van der Waals surface area (Å²) in [5.74, 6) is 6.65. The second kappa shape index (κ2) is 5.48. The largest absolute Gasteiger partial charge is 0.339 e. The summed E-state index contributed by atoms with van der Waals surface area (Å²) in [6, 6.07) is 11.4. The van der Waals surface area contributed by atoms with Crippen molar-refractivity contribution in [2.75, 3.05) is 10.7 Å². The maximum atomic E-state index is 5.31. The monoisotopic (exact) mass is 356 g/mol. The SMILES string of the molecule is NNc1cccc(Nc2ccc(Br)cc2Br)n1. The minimum absolute atomic E-state index is 0.614. The van der Waals surface area contributed by atoms with E-state index in [1.165, 1.54) is 0 Å². The molecule has 0 aliphatic rings. The van der Waals surface area contributed by atoms with Crippen molar-refractivity contribution in [1.29, 1.82) is 0 Å². The molecule has 1 aromatic carbocycles. The third-order valence-corrected chi connectivity index (χ3v) is 3.24. The molecule has 0 aliphatic carbocycles. The van der Waals surface area contributed by atoms with E-state index < -0.39 is 0 Å². The van der Waals surface area contributed by atoms with Gasteiger partial charge in [0.1, 0.15) is 11.6 Å². The molecule has 1 aromatic heterocycles. The number of halogens is 2. The Balaban J connectivity index is 2.25. The first-order chi connectivity index (χ1) is 8.19. The number of hydrogen-bond acceptors (Lipinski definition) is 4. The van der Waals surface area contributed by atoms with Gasteiger partial charge in [-0.15, -0.1) is 0 Å². The lowest BCUT2D eigenvalue weighted by Crippen LogP contribution is -2.08. The Labute approximate surface area is 116 Å². The molecular formula is C11H10Br2N4. The van der Waals surface area contributed by atoms with Crippen molar-refractivity contribution in [3.8, 4) is 0 Å². The summed E-state index contributed by atoms with van der Waals surface area (Å²) in [6.45, 7) is 0. The van der Waals surface area contributed by atoms with Crippen LogP contribution in [0.1, 0.15) is 0 Å². The van der Waals surface area contributed by atoms with Gasteiger partial charge in [0.25, 0.3) is 0 Å². The van der Waals surface area contributed by atoms with Crippen LogP contribution in [0.25, 0.3) is 0 Å². The van der Waals surface area contributed by atoms with Gasteiger partial charge in [0.2, 0.25) is 0 Å². The Morgan fingerprint density at radius 3 is 2.53 bits per heavy atom. The Bertz CT molecular complexity index is 531. The zero-order valence-electron chi connectivity index (χ0n) is 8.74. The van der Waals surface area contributed by atoms with E-state index in [0.717, 1.165) is 20.5 Å². The lowest BCUT2D eigenvalue weighted by atomic mass is 10.3. The van der Waals surface area contributed by atoms with Crippen LogP contribution in [-0.2, 0) is 0 Å². The molecule has 0 atom stereocenters. The van der Waals surface area contributed by atoms with Crippen LogP contribution in [0.2, 0.25) is 0 Å². The minimum atomic E-state index is 0.614. The van der Waals surface area contributed by atoms with Crippen molar-refractivity contribution in [2.24, 2.45) is 5.84 Å². The van der Waals surface area contributed by atoms with E-state index >= 15 is 0 Å². The van der Waals surface area contributed by atoms with Crippen LogP contribution in [0.5, 0.6) is 0 Å². The summed E-state index contributed by atoms with van der Waals surface area (Å²) in [5.41, 5.74) is 3.45. The van der Waals surface area contributed by atoms with Gasteiger partial charge in [0.15, 0.2) is 0 Å². The highest BCUT2D eigenvalue weighted by Crippen LogP contribution is 2.28. The molecule has 0 saturated heterocycles. The lowest BCUT2D eigenvalue weighted by Gasteiger charge is -2.09. The van der Waals surface area contributed by atoms with Crippen molar-refractivity contribution in [2.45, 2.75) is 0 Å². The summed E-state index contributed by atoms with van der Waals surface area (Å²) in [7, 11) is 0. The molecule has 2 rings (SSSR count). The van der Waals surface area contributed by atoms with Crippen LogP contribution in [0.4, 0.5) is 17.3 Å². The number of nitrogens with zero attached hydrogens (tertiary/aromatic N) is 1. The molecule has 17 heavy (non-hydrogen) atoms. The third-order valence-electron chi connectivity index (χ3n) is 2.09. The van der Waals surface area contributed by atoms with E-state index in [9.17, 15) is 0 Å². The smallest absolute Gasteiger partial charge is 0.142 e. The lowest BCUT2D eigenvalue weighted by molar-refractivity contribution is 1.22. The summed E-state index contributed by atoms with van der Waals surface area (Å²) in [5, 5.41) is 3.20. The number of rotatable bonds is 3. The topological polar surface area (TPSA) is 63.0 Å². The average Bonchev–Trinajstić information content (AvgIpc) is 2.33. The highest BCUT2D eigenvalue weighted by molar-refractivity contribution is 9.11. The van der Waals surface area contributed by atoms with E-state index in [4.69, 9.17) is 5.84 Å². The van der Waals surface area contributed by atoms with Gasteiger partial charge in [0.05, 0.1) is 5.69 Å². The molecule has 0 aliphatic heterocycles. The Hall–Kier alpha value is -1.11. The van der Waals surface area contributed by atoms with Crippen LogP contribution < -0.4 is 16.6 Å². The summed E-state index contributed by atoms with van der Waals surface area (Å²) in [4.78, 5) is 4.27. The summed E-state index contributed by atoms with van der Waals surface area (Å²) >= 11 is 6.88. The van der Waals surface area contributed by atoms with Crippen LogP contribution in [-0.4, -0.2) is 4.98 Å². The van der Waals surface area contributed by atoms with Gasteiger partial charge in [-0.1, -0.05) is 22.0 Å². The Kier molecular flexibility index (Phi) is 3.98. The zero-order valence-corrected chi connectivity index (χ0v) is 11.9. The number of hydrazine groups is 1. The van der Waals surface area contributed by atoms with Gasteiger partial charge >= 0.3 is 0 Å². The van der Waals surface area contributed by atoms with Gasteiger partial charge in [-0.3, -0.25) is 0 Å². The molecule has 0 radical (unpaired) electrons. The molecule has 1 heterocycles. The van der Waals surface area contributed by atoms with Crippen molar-refractivity contribution >= 4 is 49.2 Å². The fraction of sp³-hybridized carbons (Fsp3) is 0. The number of nitrogens with one attached hydrogen (secondary N) is 2. The van der Waals surface area contributed by atoms with Crippen molar-refractivity contribution < 1.29 is 0 Å². The summed E-state index contributed by atoms with van der Waals surface area (Å²) < 4.78 is 1.97. The van der Waals surface area contributed by atoms with Crippen LogP contribution in [0, 0.1) is 0 Å². The van der Waals surface area contributed by atoms with Gasteiger partial charge in [0, 0.05) is 8.95 Å². The van der Waals surface area contributed by atoms with Crippen molar-refractivity contribution in [3.05, 3.63) is 45.3 Å². The number of aromatic nitrogens is 1. The van der Waals surface area contributed by atoms with Gasteiger partial charge in [-0.2, -0.15) is 0 Å². The average molecular weight is 358 g/mol. The van der Waals surface area contributed by atoms with Gasteiger partial charge in [-0.05, 0) is 46.3 Å². The Morgan fingerprint density at radius 2 is 1.82 bits per heavy atom. The van der Waals surface area contributed by atoms with Crippen molar-refractivity contribution in [1.82, 2.24) is 4.98 Å². The van der Waals surface area contributed by atoms with E-state index in [1.807, 2.05) is 30.3 Å². The predicted molar refractivity (Wildman–Crippen MR) is 77.2 cm³/mol. The quantitative estimate of drug-likeness (QED) is 0.579. The maximum absolute atomic E-state index is 5.31. The normalized spacial score (nSPS) is 10.1. The third kappa shape index (κ3) is 3.18. The number of nitrogen functional groups attached to an aromatic ring is 1. The number of anilines is 3. The maximum Gasteiger partial charge on any atom is 0.142 e. The molecule has 0 spiro atoms. The summed E-state index contributed by atoms with van der Waals surface area (Å²) in [6.07, 6.45) is 0. The molecule has 0 fully saturated rings. The van der Waals surface area contributed by atoms with Gasteiger partial charge < -0.3 is 10.7 Å². The first-order valence-electron chi connectivity index (χ1n) is 4.85. The molecule has 0 bridgehead atoms. The van der Waals surface area contributed by atoms with E-state index in [-0.39, 0.29) is 0 Å². The number of hydrogen-bond donors (Lipinski definition) is 3. The predicted octanol–water partition coefficient (Wildman–Crippen LogP) is 3.64. The molecule has 2 aromatic rings. The number of nitrogens with two attached hydrogens (primary N) is 1. The second-order valence-electron chi connectivity index (χ2n) is 3.30. The number of benzene rings is 1. The molecule has 0 amide bonds. The standard InChI is InChI=1S/C11H10Br2N4/c12-7-4-5-9(8(13)6-7)15-10-2-1-3-11(16-10)17-14/h1-6H,14H2,(H2,15,16,17). The van der Waals surface area contributed by atoms with E-state index in [0.29, 0.717) is 5.82 Å². The molecule has 6 heteroatoms.